The molecule has 0 saturated carbocycles. The van der Waals surface area contributed by atoms with Crippen LogP contribution in [0, 0.1) is 0 Å². The molecule has 2 aromatic rings. The van der Waals surface area contributed by atoms with Crippen molar-refractivity contribution in [3.8, 4) is 0 Å². The third kappa shape index (κ3) is 3.11. The summed E-state index contributed by atoms with van der Waals surface area (Å²) in [4.78, 5) is 15.0. The first kappa shape index (κ1) is 16.8. The molecule has 134 valence electrons. The lowest BCUT2D eigenvalue weighted by atomic mass is 9.94. The molecular formula is C21H23N3O2. The zero-order valence-electron chi connectivity index (χ0n) is 14.6. The highest BCUT2D eigenvalue weighted by Crippen LogP contribution is 2.34. The Labute approximate surface area is 153 Å². The Hall–Kier alpha value is -2.63. The fraction of sp³-hybridized carbons (Fsp3) is 0.286. The molecule has 5 heteroatoms. The molecule has 2 aromatic carbocycles. The van der Waals surface area contributed by atoms with Crippen LogP contribution in [0.5, 0.6) is 0 Å². The summed E-state index contributed by atoms with van der Waals surface area (Å²) in [6.45, 7) is 1.19. The highest BCUT2D eigenvalue weighted by atomic mass is 16.3. The summed E-state index contributed by atoms with van der Waals surface area (Å²) in [7, 11) is 0. The van der Waals surface area contributed by atoms with Crippen LogP contribution in [0.1, 0.15) is 29.5 Å². The van der Waals surface area contributed by atoms with Gasteiger partial charge in [-0.3, -0.25) is 4.79 Å². The van der Waals surface area contributed by atoms with Gasteiger partial charge in [-0.15, -0.1) is 0 Å². The first-order valence-corrected chi connectivity index (χ1v) is 9.01. The Morgan fingerprint density at radius 2 is 1.77 bits per heavy atom. The smallest absolute Gasteiger partial charge is 0.230 e. The van der Waals surface area contributed by atoms with Gasteiger partial charge in [0.15, 0.2) is 0 Å². The molecular weight excluding hydrogens is 326 g/mol. The Bertz CT molecular complexity index is 805. The molecule has 0 spiro atoms. The number of aliphatic hydroxyl groups excluding tert-OH is 1. The summed E-state index contributed by atoms with van der Waals surface area (Å²) in [5, 5.41) is 9.44. The van der Waals surface area contributed by atoms with Gasteiger partial charge in [0.1, 0.15) is 0 Å². The maximum atomic E-state index is 13.2. The molecule has 1 amide bonds. The molecule has 0 saturated heterocycles. The van der Waals surface area contributed by atoms with Gasteiger partial charge in [0.05, 0.1) is 18.5 Å². The van der Waals surface area contributed by atoms with E-state index in [1.807, 2.05) is 53.4 Å². The molecule has 0 fully saturated rings. The number of hydrazine groups is 1. The Kier molecular flexibility index (Phi) is 4.73. The van der Waals surface area contributed by atoms with Crippen LogP contribution in [0.15, 0.2) is 71.9 Å². The molecule has 2 unspecified atom stereocenters. The van der Waals surface area contributed by atoms with E-state index in [0.717, 1.165) is 11.3 Å². The molecule has 0 bridgehead atoms. The third-order valence-electron chi connectivity index (χ3n) is 5.18. The molecule has 2 aliphatic heterocycles. The van der Waals surface area contributed by atoms with Crippen molar-refractivity contribution in [2.45, 2.75) is 18.4 Å². The van der Waals surface area contributed by atoms with Gasteiger partial charge in [-0.1, -0.05) is 60.7 Å². The van der Waals surface area contributed by atoms with Crippen molar-refractivity contribution in [3.05, 3.63) is 83.1 Å². The molecule has 0 radical (unpaired) electrons. The summed E-state index contributed by atoms with van der Waals surface area (Å²) in [5.74, 6) is -0.224. The zero-order valence-corrected chi connectivity index (χ0v) is 14.6. The molecule has 3 N–H and O–H groups in total. The minimum absolute atomic E-state index is 0.00126. The van der Waals surface area contributed by atoms with Crippen LogP contribution >= 0.6 is 0 Å². The average molecular weight is 349 g/mol. The van der Waals surface area contributed by atoms with Gasteiger partial charge < -0.3 is 15.4 Å². The first-order chi connectivity index (χ1) is 12.8. The lowest BCUT2D eigenvalue weighted by Crippen LogP contribution is -2.39. The predicted octanol–water partition coefficient (Wildman–Crippen LogP) is 2.10. The van der Waals surface area contributed by atoms with Gasteiger partial charge in [-0.25, -0.2) is 5.43 Å². The van der Waals surface area contributed by atoms with E-state index in [1.54, 1.807) is 0 Å². The number of hydrogen-bond acceptors (Lipinski definition) is 4. The molecule has 5 nitrogen and oxygen atoms in total. The fourth-order valence-corrected chi connectivity index (χ4v) is 3.83. The Morgan fingerprint density at radius 3 is 2.46 bits per heavy atom. The molecule has 0 aromatic heterocycles. The maximum Gasteiger partial charge on any atom is 0.230 e. The van der Waals surface area contributed by atoms with E-state index in [2.05, 4.69) is 23.0 Å². The van der Waals surface area contributed by atoms with Crippen LogP contribution in [0.25, 0.3) is 0 Å². The quantitative estimate of drug-likeness (QED) is 0.773. The van der Waals surface area contributed by atoms with E-state index in [-0.39, 0.29) is 24.5 Å². The Morgan fingerprint density at radius 1 is 1.08 bits per heavy atom. The van der Waals surface area contributed by atoms with Crippen molar-refractivity contribution >= 4 is 5.91 Å². The number of nitrogens with one attached hydrogen (secondary N) is 2. The van der Waals surface area contributed by atoms with Crippen molar-refractivity contribution in [1.82, 2.24) is 15.8 Å². The molecule has 4 rings (SSSR count). The summed E-state index contributed by atoms with van der Waals surface area (Å²) >= 11 is 0. The summed E-state index contributed by atoms with van der Waals surface area (Å²) in [6.07, 6.45) is 0.442. The van der Waals surface area contributed by atoms with E-state index < -0.39 is 0 Å². The highest BCUT2D eigenvalue weighted by molar-refractivity contribution is 5.85. The second-order valence-electron chi connectivity index (χ2n) is 6.79. The van der Waals surface area contributed by atoms with Crippen LogP contribution in [-0.2, 0) is 4.79 Å². The second-order valence-corrected chi connectivity index (χ2v) is 6.79. The van der Waals surface area contributed by atoms with E-state index in [9.17, 15) is 9.90 Å². The van der Waals surface area contributed by atoms with Crippen molar-refractivity contribution in [1.29, 1.82) is 0 Å². The van der Waals surface area contributed by atoms with E-state index in [4.69, 9.17) is 0 Å². The van der Waals surface area contributed by atoms with Crippen LogP contribution in [-0.4, -0.2) is 35.6 Å². The third-order valence-corrected chi connectivity index (χ3v) is 5.18. The lowest BCUT2D eigenvalue weighted by molar-refractivity contribution is -0.132. The van der Waals surface area contributed by atoms with Gasteiger partial charge in [-0.2, -0.15) is 0 Å². The molecule has 2 atom stereocenters. The number of aliphatic hydroxyl groups is 1. The molecule has 0 aliphatic carbocycles. The van der Waals surface area contributed by atoms with Gasteiger partial charge in [0, 0.05) is 18.8 Å². The van der Waals surface area contributed by atoms with E-state index >= 15 is 0 Å². The van der Waals surface area contributed by atoms with Crippen molar-refractivity contribution in [2.24, 2.45) is 0 Å². The maximum absolute atomic E-state index is 13.2. The number of amides is 1. The second kappa shape index (κ2) is 7.32. The van der Waals surface area contributed by atoms with Gasteiger partial charge in [0.25, 0.3) is 0 Å². The summed E-state index contributed by atoms with van der Waals surface area (Å²) in [5.41, 5.74) is 11.0. The van der Waals surface area contributed by atoms with Crippen molar-refractivity contribution in [3.63, 3.8) is 0 Å². The minimum atomic E-state index is -0.302. The summed E-state index contributed by atoms with van der Waals surface area (Å²) < 4.78 is 0. The molecule has 2 aliphatic rings. The van der Waals surface area contributed by atoms with Gasteiger partial charge in [-0.05, 0) is 23.1 Å². The number of benzene rings is 2. The van der Waals surface area contributed by atoms with Crippen LogP contribution in [0.2, 0.25) is 0 Å². The summed E-state index contributed by atoms with van der Waals surface area (Å²) in [6, 6.07) is 20.1. The Balaban J connectivity index is 1.51. The lowest BCUT2D eigenvalue weighted by Gasteiger charge is -2.26. The van der Waals surface area contributed by atoms with Gasteiger partial charge >= 0.3 is 0 Å². The fourth-order valence-electron chi connectivity index (χ4n) is 3.83. The topological polar surface area (TPSA) is 64.6 Å². The van der Waals surface area contributed by atoms with E-state index in [0.29, 0.717) is 19.5 Å². The normalized spacial score (nSPS) is 20.0. The molecule has 2 heterocycles. The van der Waals surface area contributed by atoms with Crippen molar-refractivity contribution < 1.29 is 9.90 Å². The van der Waals surface area contributed by atoms with Crippen LogP contribution < -0.4 is 10.9 Å². The van der Waals surface area contributed by atoms with Crippen LogP contribution in [0.3, 0.4) is 0 Å². The average Bonchev–Trinajstić information content (AvgIpc) is 3.28. The van der Waals surface area contributed by atoms with E-state index in [1.165, 1.54) is 11.1 Å². The first-order valence-electron chi connectivity index (χ1n) is 9.01. The number of carbonyl (C=O) groups is 1. The standard InChI is InChI=1S/C21H23N3O2/c25-12-11-17(15-7-3-1-4-8-15)21(26)24-13-18-19(14-24)22-23-20(18)16-9-5-2-6-10-16/h1-10,17,20,22-23,25H,11-14H2. The number of rotatable bonds is 5. The monoisotopic (exact) mass is 349 g/mol. The van der Waals surface area contributed by atoms with Crippen LogP contribution in [0.4, 0.5) is 0 Å². The SMILES string of the molecule is O=C(C(CCO)c1ccccc1)N1CC2=C(C1)C(c1ccccc1)NN2. The minimum Gasteiger partial charge on any atom is -0.396 e. The number of carbonyl (C=O) groups excluding carboxylic acids is 1. The largest absolute Gasteiger partial charge is 0.396 e. The highest BCUT2D eigenvalue weighted by Gasteiger charge is 2.37. The predicted molar refractivity (Wildman–Crippen MR) is 99.9 cm³/mol. The van der Waals surface area contributed by atoms with Crippen molar-refractivity contribution in [2.75, 3.05) is 19.7 Å². The number of hydrogen-bond donors (Lipinski definition) is 3. The zero-order chi connectivity index (χ0) is 17.9. The van der Waals surface area contributed by atoms with Gasteiger partial charge in [0.2, 0.25) is 5.91 Å². The molecule has 26 heavy (non-hydrogen) atoms. The number of nitrogens with zero attached hydrogens (tertiary/aromatic N) is 1.